The van der Waals surface area contributed by atoms with Gasteiger partial charge in [-0.05, 0) is 37.8 Å². The summed E-state index contributed by atoms with van der Waals surface area (Å²) in [6.07, 6.45) is 5.01. The fraction of sp³-hybridized carbons (Fsp3) is 0.467. The van der Waals surface area contributed by atoms with Gasteiger partial charge >= 0.3 is 0 Å². The molecule has 1 heterocycles. The van der Waals surface area contributed by atoms with Crippen LogP contribution in [0.3, 0.4) is 0 Å². The van der Waals surface area contributed by atoms with Crippen molar-refractivity contribution in [3.63, 3.8) is 0 Å². The predicted molar refractivity (Wildman–Crippen MR) is 85.7 cm³/mol. The Kier molecular flexibility index (Phi) is 3.34. The average Bonchev–Trinajstić information content (AvgIpc) is 3.37. The van der Waals surface area contributed by atoms with Crippen molar-refractivity contribution in [2.24, 2.45) is 0 Å². The van der Waals surface area contributed by atoms with E-state index in [9.17, 15) is 0 Å². The molecule has 2 saturated carbocycles. The molecule has 1 aromatic carbocycles. The Morgan fingerprint density at radius 3 is 2.71 bits per heavy atom. The number of nitrogens with two attached hydrogens (primary N) is 1. The zero-order chi connectivity index (χ0) is 14.4. The number of anilines is 1. The summed E-state index contributed by atoms with van der Waals surface area (Å²) in [5, 5.41) is 10.6. The molecule has 4 rings (SSSR count). The lowest BCUT2D eigenvalue weighted by Crippen LogP contribution is -2.02. The van der Waals surface area contributed by atoms with Crippen LogP contribution in [0.25, 0.3) is 0 Å². The van der Waals surface area contributed by atoms with Crippen LogP contribution in [0.5, 0.6) is 0 Å². The molecule has 0 bridgehead atoms. The summed E-state index contributed by atoms with van der Waals surface area (Å²) >= 11 is 7.93. The van der Waals surface area contributed by atoms with Gasteiger partial charge in [-0.15, -0.1) is 10.2 Å². The van der Waals surface area contributed by atoms with E-state index in [-0.39, 0.29) is 0 Å². The van der Waals surface area contributed by atoms with Crippen LogP contribution < -0.4 is 5.73 Å². The van der Waals surface area contributed by atoms with E-state index in [4.69, 9.17) is 17.3 Å². The lowest BCUT2D eigenvalue weighted by atomic mass is 10.2. The lowest BCUT2D eigenvalue weighted by Gasteiger charge is -2.10. The van der Waals surface area contributed by atoms with E-state index in [2.05, 4.69) is 14.8 Å². The van der Waals surface area contributed by atoms with Gasteiger partial charge < -0.3 is 10.3 Å². The van der Waals surface area contributed by atoms with Crippen LogP contribution >= 0.6 is 23.4 Å². The van der Waals surface area contributed by atoms with Gasteiger partial charge in [0.25, 0.3) is 0 Å². The maximum absolute atomic E-state index is 6.24. The molecule has 0 aliphatic heterocycles. The number of hydrogen-bond donors (Lipinski definition) is 1. The molecule has 0 unspecified atom stereocenters. The van der Waals surface area contributed by atoms with Crippen molar-refractivity contribution >= 4 is 29.1 Å². The van der Waals surface area contributed by atoms with Crippen LogP contribution in [0.1, 0.15) is 49.0 Å². The second-order valence-electron chi connectivity index (χ2n) is 5.81. The highest BCUT2D eigenvalue weighted by Gasteiger charge is 2.36. The molecule has 2 aliphatic carbocycles. The summed E-state index contributed by atoms with van der Waals surface area (Å²) in [6.45, 7) is 0. The SMILES string of the molecule is Nc1cccc(Cl)c1CSc1nnc(C2CC2)n1C1CC1. The van der Waals surface area contributed by atoms with Gasteiger partial charge in [-0.25, -0.2) is 0 Å². The van der Waals surface area contributed by atoms with E-state index in [1.807, 2.05) is 18.2 Å². The molecule has 1 aromatic heterocycles. The molecular formula is C15H17ClN4S. The summed E-state index contributed by atoms with van der Waals surface area (Å²) in [5.74, 6) is 2.56. The number of nitrogen functional groups attached to an aromatic ring is 1. The third kappa shape index (κ3) is 2.64. The van der Waals surface area contributed by atoms with E-state index < -0.39 is 0 Å². The number of thioether (sulfide) groups is 1. The van der Waals surface area contributed by atoms with Crippen molar-refractivity contribution in [3.8, 4) is 0 Å². The van der Waals surface area contributed by atoms with Crippen LogP contribution in [0.4, 0.5) is 5.69 Å². The maximum atomic E-state index is 6.24. The van der Waals surface area contributed by atoms with Crippen molar-refractivity contribution in [1.82, 2.24) is 14.8 Å². The van der Waals surface area contributed by atoms with Crippen LogP contribution in [0.15, 0.2) is 23.4 Å². The summed E-state index contributed by atoms with van der Waals surface area (Å²) in [5.41, 5.74) is 7.75. The Labute approximate surface area is 133 Å². The Hall–Kier alpha value is -1.20. The minimum atomic E-state index is 0.613. The largest absolute Gasteiger partial charge is 0.398 e. The fourth-order valence-electron chi connectivity index (χ4n) is 2.55. The molecule has 110 valence electrons. The first kappa shape index (κ1) is 13.5. The molecule has 0 radical (unpaired) electrons. The molecule has 2 fully saturated rings. The molecule has 2 aliphatic rings. The smallest absolute Gasteiger partial charge is 0.191 e. The highest BCUT2D eigenvalue weighted by atomic mass is 35.5. The van der Waals surface area contributed by atoms with E-state index in [0.717, 1.165) is 27.2 Å². The highest BCUT2D eigenvalue weighted by Crippen LogP contribution is 2.46. The third-order valence-electron chi connectivity index (χ3n) is 4.05. The molecule has 21 heavy (non-hydrogen) atoms. The first-order valence-electron chi connectivity index (χ1n) is 7.34. The maximum Gasteiger partial charge on any atom is 0.191 e. The number of aromatic nitrogens is 3. The molecule has 2 N–H and O–H groups in total. The van der Waals surface area contributed by atoms with Gasteiger partial charge in [0.1, 0.15) is 5.82 Å². The van der Waals surface area contributed by atoms with Gasteiger partial charge in [0.2, 0.25) is 0 Å². The van der Waals surface area contributed by atoms with E-state index in [1.165, 1.54) is 31.5 Å². The summed E-state index contributed by atoms with van der Waals surface area (Å²) in [6, 6.07) is 6.27. The first-order chi connectivity index (χ1) is 10.2. The molecule has 0 spiro atoms. The second-order valence-corrected chi connectivity index (χ2v) is 7.16. The van der Waals surface area contributed by atoms with Crippen molar-refractivity contribution in [2.75, 3.05) is 5.73 Å². The second kappa shape index (κ2) is 5.21. The monoisotopic (exact) mass is 320 g/mol. The van der Waals surface area contributed by atoms with Gasteiger partial charge in [0.15, 0.2) is 5.16 Å². The van der Waals surface area contributed by atoms with Gasteiger partial charge in [0.05, 0.1) is 0 Å². The fourth-order valence-corrected chi connectivity index (χ4v) is 3.95. The Balaban J connectivity index is 1.57. The Bertz CT molecular complexity index is 656. The summed E-state index contributed by atoms with van der Waals surface area (Å²) in [7, 11) is 0. The van der Waals surface area contributed by atoms with Crippen molar-refractivity contribution < 1.29 is 0 Å². The van der Waals surface area contributed by atoms with Crippen LogP contribution in [0.2, 0.25) is 5.02 Å². The van der Waals surface area contributed by atoms with E-state index in [1.54, 1.807) is 11.8 Å². The number of hydrogen-bond acceptors (Lipinski definition) is 4. The summed E-state index contributed by atoms with van der Waals surface area (Å²) in [4.78, 5) is 0. The predicted octanol–water partition coefficient (Wildman–Crippen LogP) is 4.02. The van der Waals surface area contributed by atoms with E-state index in [0.29, 0.717) is 12.0 Å². The van der Waals surface area contributed by atoms with Crippen molar-refractivity contribution in [2.45, 2.75) is 48.6 Å². The zero-order valence-electron chi connectivity index (χ0n) is 11.6. The minimum Gasteiger partial charge on any atom is -0.398 e. The number of nitrogens with zero attached hydrogens (tertiary/aromatic N) is 3. The molecule has 0 amide bonds. The van der Waals surface area contributed by atoms with Gasteiger partial charge in [-0.2, -0.15) is 0 Å². The van der Waals surface area contributed by atoms with E-state index >= 15 is 0 Å². The average molecular weight is 321 g/mol. The van der Waals surface area contributed by atoms with Crippen LogP contribution in [0, 0.1) is 0 Å². The molecule has 0 saturated heterocycles. The minimum absolute atomic E-state index is 0.613. The molecular weight excluding hydrogens is 304 g/mol. The highest BCUT2D eigenvalue weighted by molar-refractivity contribution is 7.98. The van der Waals surface area contributed by atoms with Crippen LogP contribution in [-0.2, 0) is 5.75 Å². The Morgan fingerprint density at radius 2 is 2.05 bits per heavy atom. The Morgan fingerprint density at radius 1 is 1.24 bits per heavy atom. The number of benzene rings is 1. The van der Waals surface area contributed by atoms with Crippen molar-refractivity contribution in [3.05, 3.63) is 34.6 Å². The zero-order valence-corrected chi connectivity index (χ0v) is 13.2. The van der Waals surface area contributed by atoms with Gasteiger partial charge in [0, 0.05) is 34.0 Å². The molecule has 6 heteroatoms. The number of rotatable bonds is 5. The third-order valence-corrected chi connectivity index (χ3v) is 5.37. The molecule has 0 atom stereocenters. The number of halogens is 1. The molecule has 4 nitrogen and oxygen atoms in total. The summed E-state index contributed by atoms with van der Waals surface area (Å²) < 4.78 is 2.36. The quantitative estimate of drug-likeness (QED) is 0.668. The lowest BCUT2D eigenvalue weighted by molar-refractivity contribution is 0.627. The normalized spacial score (nSPS) is 18.1. The topological polar surface area (TPSA) is 56.7 Å². The molecule has 2 aromatic rings. The van der Waals surface area contributed by atoms with Crippen LogP contribution in [-0.4, -0.2) is 14.8 Å². The first-order valence-corrected chi connectivity index (χ1v) is 8.71. The van der Waals surface area contributed by atoms with Gasteiger partial charge in [-0.1, -0.05) is 29.4 Å². The van der Waals surface area contributed by atoms with Gasteiger partial charge in [-0.3, -0.25) is 0 Å². The van der Waals surface area contributed by atoms with Crippen molar-refractivity contribution in [1.29, 1.82) is 0 Å². The standard InChI is InChI=1S/C15H17ClN4S/c16-12-2-1-3-13(17)11(12)8-21-15-19-18-14(9-4-5-9)20(15)10-6-7-10/h1-3,9-10H,4-8,17H2.